The highest BCUT2D eigenvalue weighted by Gasteiger charge is 2.37. The fourth-order valence-electron chi connectivity index (χ4n) is 3.38. The molecule has 1 saturated heterocycles. The molecule has 122 valence electrons. The van der Waals surface area contributed by atoms with Crippen molar-refractivity contribution in [3.8, 4) is 6.07 Å². The Kier molecular flexibility index (Phi) is 4.92. The number of nitriles is 1. The number of amides is 1. The van der Waals surface area contributed by atoms with Crippen LogP contribution in [0.25, 0.3) is 0 Å². The van der Waals surface area contributed by atoms with Crippen molar-refractivity contribution in [3.63, 3.8) is 0 Å². The average molecular weight is 315 g/mol. The summed E-state index contributed by atoms with van der Waals surface area (Å²) in [5.74, 6) is -0.134. The van der Waals surface area contributed by atoms with E-state index in [1.165, 1.54) is 6.07 Å². The Labute approximate surface area is 136 Å². The highest BCUT2D eigenvalue weighted by Crippen LogP contribution is 2.30. The zero-order valence-corrected chi connectivity index (χ0v) is 13.2. The van der Waals surface area contributed by atoms with E-state index in [4.69, 9.17) is 5.26 Å². The highest BCUT2D eigenvalue weighted by atomic mass is 19.1. The minimum Gasteiger partial charge on any atom is -0.326 e. The molecule has 0 bridgehead atoms. The van der Waals surface area contributed by atoms with Crippen LogP contribution in [-0.2, 0) is 11.3 Å². The predicted molar refractivity (Wildman–Crippen MR) is 84.7 cm³/mol. The molecular weight excluding hydrogens is 293 g/mol. The third kappa shape index (κ3) is 4.08. The second-order valence-electron chi connectivity index (χ2n) is 6.56. The number of piperidine rings is 1. The van der Waals surface area contributed by atoms with Crippen LogP contribution in [0.3, 0.4) is 0 Å². The van der Waals surface area contributed by atoms with Crippen LogP contribution in [0.15, 0.2) is 24.3 Å². The van der Waals surface area contributed by atoms with Crippen LogP contribution < -0.4 is 0 Å². The molecule has 4 nitrogen and oxygen atoms in total. The number of hydrogen-bond donors (Lipinski definition) is 0. The van der Waals surface area contributed by atoms with Crippen molar-refractivity contribution in [2.45, 2.75) is 38.3 Å². The maximum Gasteiger partial charge on any atom is 0.228 e. The van der Waals surface area contributed by atoms with Crippen LogP contribution in [0.1, 0.15) is 31.2 Å². The lowest BCUT2D eigenvalue weighted by atomic mass is 9.96. The monoisotopic (exact) mass is 315 g/mol. The Bertz CT molecular complexity index is 609. The Hall–Kier alpha value is -1.93. The number of carbonyl (C=O) groups is 1. The normalized spacial score (nSPS) is 21.7. The Morgan fingerprint density at radius 3 is 2.91 bits per heavy atom. The minimum atomic E-state index is -0.221. The maximum atomic E-state index is 13.3. The van der Waals surface area contributed by atoms with Gasteiger partial charge in [-0.15, -0.1) is 0 Å². The first-order valence-corrected chi connectivity index (χ1v) is 8.31. The van der Waals surface area contributed by atoms with Gasteiger partial charge in [0.25, 0.3) is 0 Å². The minimum absolute atomic E-state index is 0.0359. The lowest BCUT2D eigenvalue weighted by Crippen LogP contribution is -2.45. The first kappa shape index (κ1) is 15.9. The van der Waals surface area contributed by atoms with Gasteiger partial charge >= 0.3 is 0 Å². The molecule has 1 aromatic rings. The summed E-state index contributed by atoms with van der Waals surface area (Å²) < 4.78 is 13.3. The van der Waals surface area contributed by atoms with Crippen LogP contribution in [0.2, 0.25) is 0 Å². The molecule has 3 rings (SSSR count). The van der Waals surface area contributed by atoms with Crippen molar-refractivity contribution in [1.82, 2.24) is 9.80 Å². The zero-order chi connectivity index (χ0) is 16.2. The van der Waals surface area contributed by atoms with E-state index in [1.807, 2.05) is 6.07 Å². The second kappa shape index (κ2) is 7.10. The number of benzene rings is 1. The molecule has 0 aromatic heterocycles. The molecule has 1 atom stereocenters. The van der Waals surface area contributed by atoms with Gasteiger partial charge in [0.1, 0.15) is 12.4 Å². The standard InChI is InChI=1S/C18H22FN3O/c19-16-5-1-3-14(11-16)12-21-9-2-4-15(13-21)18(23)22(10-8-20)17-6-7-17/h1,3,5,11,15,17H,2,4,6-7,9-10,12-13H2/t15-/m0/s1. The van der Waals surface area contributed by atoms with Gasteiger partial charge in [-0.05, 0) is 49.9 Å². The van der Waals surface area contributed by atoms with Crippen LogP contribution in [0, 0.1) is 23.1 Å². The molecule has 1 saturated carbocycles. The summed E-state index contributed by atoms with van der Waals surface area (Å²) in [6.07, 6.45) is 3.89. The number of nitrogens with zero attached hydrogens (tertiary/aromatic N) is 3. The van der Waals surface area contributed by atoms with E-state index in [9.17, 15) is 9.18 Å². The summed E-state index contributed by atoms with van der Waals surface area (Å²) in [4.78, 5) is 16.7. The van der Waals surface area contributed by atoms with Gasteiger partial charge in [0.15, 0.2) is 0 Å². The average Bonchev–Trinajstić information content (AvgIpc) is 3.37. The molecule has 2 fully saturated rings. The predicted octanol–water partition coefficient (Wildman–Crippen LogP) is 2.55. The van der Waals surface area contributed by atoms with E-state index in [0.29, 0.717) is 13.1 Å². The van der Waals surface area contributed by atoms with E-state index in [-0.39, 0.29) is 30.2 Å². The van der Waals surface area contributed by atoms with E-state index in [1.54, 1.807) is 17.0 Å². The SMILES string of the molecule is N#CCN(C(=O)[C@H]1CCCN(Cc2cccc(F)c2)C1)C1CC1. The molecule has 0 unspecified atom stereocenters. The van der Waals surface area contributed by atoms with Crippen LogP contribution in [-0.4, -0.2) is 41.4 Å². The molecular formula is C18H22FN3O. The zero-order valence-electron chi connectivity index (χ0n) is 13.2. The van der Waals surface area contributed by atoms with Crippen LogP contribution in [0.4, 0.5) is 4.39 Å². The molecule has 0 N–H and O–H groups in total. The summed E-state index contributed by atoms with van der Waals surface area (Å²) in [5.41, 5.74) is 0.939. The van der Waals surface area contributed by atoms with E-state index >= 15 is 0 Å². The first-order chi connectivity index (χ1) is 11.2. The van der Waals surface area contributed by atoms with Gasteiger partial charge in [0.05, 0.1) is 12.0 Å². The van der Waals surface area contributed by atoms with Crippen molar-refractivity contribution >= 4 is 5.91 Å². The molecule has 0 spiro atoms. The molecule has 2 aliphatic rings. The number of hydrogen-bond acceptors (Lipinski definition) is 3. The number of likely N-dealkylation sites (tertiary alicyclic amines) is 1. The van der Waals surface area contributed by atoms with Gasteiger partial charge in [-0.2, -0.15) is 5.26 Å². The summed E-state index contributed by atoms with van der Waals surface area (Å²) >= 11 is 0. The molecule has 23 heavy (non-hydrogen) atoms. The van der Waals surface area contributed by atoms with E-state index in [2.05, 4.69) is 11.0 Å². The molecule has 1 heterocycles. The maximum absolute atomic E-state index is 13.3. The van der Waals surface area contributed by atoms with Gasteiger partial charge in [-0.3, -0.25) is 9.69 Å². The van der Waals surface area contributed by atoms with Gasteiger partial charge in [-0.25, -0.2) is 4.39 Å². The number of rotatable bonds is 5. The Morgan fingerprint density at radius 2 is 2.22 bits per heavy atom. The summed E-state index contributed by atoms with van der Waals surface area (Å²) in [5, 5.41) is 8.94. The Morgan fingerprint density at radius 1 is 1.39 bits per heavy atom. The molecule has 1 aliphatic heterocycles. The van der Waals surface area contributed by atoms with Crippen molar-refractivity contribution < 1.29 is 9.18 Å². The lowest BCUT2D eigenvalue weighted by Gasteiger charge is -2.34. The molecule has 1 aliphatic carbocycles. The second-order valence-corrected chi connectivity index (χ2v) is 6.56. The van der Waals surface area contributed by atoms with Gasteiger partial charge in [0.2, 0.25) is 5.91 Å². The Balaban J connectivity index is 1.61. The van der Waals surface area contributed by atoms with Gasteiger partial charge < -0.3 is 4.90 Å². The largest absolute Gasteiger partial charge is 0.326 e. The molecule has 1 aromatic carbocycles. The fraction of sp³-hybridized carbons (Fsp3) is 0.556. The van der Waals surface area contributed by atoms with Crippen molar-refractivity contribution in [2.75, 3.05) is 19.6 Å². The number of halogens is 1. The van der Waals surface area contributed by atoms with Crippen molar-refractivity contribution in [3.05, 3.63) is 35.6 Å². The highest BCUT2D eigenvalue weighted by molar-refractivity contribution is 5.80. The van der Waals surface area contributed by atoms with Crippen LogP contribution >= 0.6 is 0 Å². The molecule has 0 radical (unpaired) electrons. The summed E-state index contributed by atoms with van der Waals surface area (Å²) in [6, 6.07) is 9.03. The summed E-state index contributed by atoms with van der Waals surface area (Å²) in [6.45, 7) is 2.50. The lowest BCUT2D eigenvalue weighted by molar-refractivity contribution is -0.137. The topological polar surface area (TPSA) is 47.3 Å². The first-order valence-electron chi connectivity index (χ1n) is 8.31. The van der Waals surface area contributed by atoms with Crippen LogP contribution in [0.5, 0.6) is 0 Å². The van der Waals surface area contributed by atoms with Gasteiger partial charge in [-0.1, -0.05) is 12.1 Å². The third-order valence-electron chi connectivity index (χ3n) is 4.66. The third-order valence-corrected chi connectivity index (χ3v) is 4.66. The number of carbonyl (C=O) groups excluding carboxylic acids is 1. The molecule has 1 amide bonds. The smallest absolute Gasteiger partial charge is 0.228 e. The quantitative estimate of drug-likeness (QED) is 0.785. The fourth-order valence-corrected chi connectivity index (χ4v) is 3.38. The van der Waals surface area contributed by atoms with Crippen molar-refractivity contribution in [2.24, 2.45) is 5.92 Å². The van der Waals surface area contributed by atoms with E-state index < -0.39 is 0 Å². The summed E-state index contributed by atoms with van der Waals surface area (Å²) in [7, 11) is 0. The van der Waals surface area contributed by atoms with E-state index in [0.717, 1.165) is 37.8 Å². The van der Waals surface area contributed by atoms with Gasteiger partial charge in [0, 0.05) is 19.1 Å². The van der Waals surface area contributed by atoms with Crippen molar-refractivity contribution in [1.29, 1.82) is 5.26 Å². The molecule has 5 heteroatoms.